The van der Waals surface area contributed by atoms with Crippen LogP contribution < -0.4 is 0 Å². The molecule has 0 spiro atoms. The molecule has 0 aromatic heterocycles. The minimum Gasteiger partial charge on any atom is -0.313 e. The van der Waals surface area contributed by atoms with E-state index in [1.807, 2.05) is 42.5 Å². The van der Waals surface area contributed by atoms with Crippen LogP contribution in [0.3, 0.4) is 0 Å². The first kappa shape index (κ1) is 15.2. The van der Waals surface area contributed by atoms with Crippen molar-refractivity contribution in [2.45, 2.75) is 26.4 Å². The zero-order valence-electron chi connectivity index (χ0n) is 11.8. The quantitative estimate of drug-likeness (QED) is 0.775. The molecule has 0 fully saturated rings. The molecule has 0 heterocycles. The van der Waals surface area contributed by atoms with E-state index < -0.39 is 0 Å². The predicted octanol–water partition coefficient (Wildman–Crippen LogP) is 5.04. The SMILES string of the molecule is CC(C)C(c1ccc(Br)cc1)N(O)Cc1ccccc1. The zero-order valence-corrected chi connectivity index (χ0v) is 13.4. The summed E-state index contributed by atoms with van der Waals surface area (Å²) in [5.41, 5.74) is 2.24. The standard InChI is InChI=1S/C17H20BrNO/c1-13(2)17(15-8-10-16(18)11-9-15)19(20)12-14-6-4-3-5-7-14/h3-11,13,17,20H,12H2,1-2H3. The number of rotatable bonds is 5. The van der Waals surface area contributed by atoms with Crippen molar-refractivity contribution in [2.75, 3.05) is 0 Å². The molecule has 0 bridgehead atoms. The van der Waals surface area contributed by atoms with Crippen molar-refractivity contribution in [3.8, 4) is 0 Å². The third-order valence-electron chi connectivity index (χ3n) is 3.35. The molecular weight excluding hydrogens is 314 g/mol. The number of halogens is 1. The number of hydroxylamine groups is 2. The highest BCUT2D eigenvalue weighted by atomic mass is 79.9. The van der Waals surface area contributed by atoms with Gasteiger partial charge in [-0.15, -0.1) is 0 Å². The molecule has 1 N–H and O–H groups in total. The van der Waals surface area contributed by atoms with Crippen LogP contribution in [0.2, 0.25) is 0 Å². The molecule has 0 saturated carbocycles. The maximum atomic E-state index is 10.5. The van der Waals surface area contributed by atoms with Gasteiger partial charge in [-0.1, -0.05) is 72.2 Å². The van der Waals surface area contributed by atoms with Crippen LogP contribution in [0.1, 0.15) is 31.0 Å². The van der Waals surface area contributed by atoms with Crippen molar-refractivity contribution in [1.29, 1.82) is 0 Å². The molecule has 0 amide bonds. The van der Waals surface area contributed by atoms with E-state index in [2.05, 4.69) is 41.9 Å². The van der Waals surface area contributed by atoms with Crippen molar-refractivity contribution < 1.29 is 5.21 Å². The Hall–Kier alpha value is -1.16. The van der Waals surface area contributed by atoms with Crippen LogP contribution in [0.15, 0.2) is 59.1 Å². The van der Waals surface area contributed by atoms with Gasteiger partial charge in [0.2, 0.25) is 0 Å². The summed E-state index contributed by atoms with van der Waals surface area (Å²) in [6, 6.07) is 18.2. The Morgan fingerprint density at radius 1 is 1.00 bits per heavy atom. The molecule has 0 aliphatic carbocycles. The van der Waals surface area contributed by atoms with Gasteiger partial charge in [0.25, 0.3) is 0 Å². The lowest BCUT2D eigenvalue weighted by atomic mass is 9.95. The van der Waals surface area contributed by atoms with E-state index in [0.717, 1.165) is 15.6 Å². The summed E-state index contributed by atoms with van der Waals surface area (Å²) >= 11 is 3.45. The van der Waals surface area contributed by atoms with E-state index in [4.69, 9.17) is 0 Å². The zero-order chi connectivity index (χ0) is 14.5. The van der Waals surface area contributed by atoms with Crippen LogP contribution in [0.25, 0.3) is 0 Å². The summed E-state index contributed by atoms with van der Waals surface area (Å²) in [5, 5.41) is 11.9. The molecule has 2 rings (SSSR count). The lowest BCUT2D eigenvalue weighted by Crippen LogP contribution is -2.28. The van der Waals surface area contributed by atoms with E-state index in [0.29, 0.717) is 12.5 Å². The van der Waals surface area contributed by atoms with Crippen LogP contribution in [-0.2, 0) is 6.54 Å². The summed E-state index contributed by atoms with van der Waals surface area (Å²) in [5.74, 6) is 0.324. The van der Waals surface area contributed by atoms with E-state index >= 15 is 0 Å². The van der Waals surface area contributed by atoms with Crippen LogP contribution in [0.5, 0.6) is 0 Å². The Kier molecular flexibility index (Phi) is 5.35. The molecule has 0 aliphatic heterocycles. The van der Waals surface area contributed by atoms with E-state index in [9.17, 15) is 5.21 Å². The number of benzene rings is 2. The summed E-state index contributed by atoms with van der Waals surface area (Å²) < 4.78 is 1.05. The highest BCUT2D eigenvalue weighted by Gasteiger charge is 2.22. The maximum Gasteiger partial charge on any atom is 0.0626 e. The minimum absolute atomic E-state index is 0.0108. The Bertz CT molecular complexity index is 524. The van der Waals surface area contributed by atoms with Gasteiger partial charge >= 0.3 is 0 Å². The molecule has 2 nitrogen and oxygen atoms in total. The van der Waals surface area contributed by atoms with Crippen molar-refractivity contribution >= 4 is 15.9 Å². The second-order valence-electron chi connectivity index (χ2n) is 5.32. The van der Waals surface area contributed by atoms with Gasteiger partial charge in [0.1, 0.15) is 0 Å². The molecule has 0 radical (unpaired) electrons. The Balaban J connectivity index is 2.18. The van der Waals surface area contributed by atoms with Crippen molar-refractivity contribution in [1.82, 2.24) is 5.06 Å². The normalized spacial score (nSPS) is 12.9. The van der Waals surface area contributed by atoms with Gasteiger partial charge in [0.15, 0.2) is 0 Å². The smallest absolute Gasteiger partial charge is 0.0626 e. The van der Waals surface area contributed by atoms with Crippen molar-refractivity contribution in [2.24, 2.45) is 5.92 Å². The topological polar surface area (TPSA) is 23.5 Å². The summed E-state index contributed by atoms with van der Waals surface area (Å²) in [7, 11) is 0. The van der Waals surface area contributed by atoms with Crippen LogP contribution >= 0.6 is 15.9 Å². The van der Waals surface area contributed by atoms with Gasteiger partial charge in [-0.3, -0.25) is 0 Å². The second-order valence-corrected chi connectivity index (χ2v) is 6.24. The fraction of sp³-hybridized carbons (Fsp3) is 0.294. The van der Waals surface area contributed by atoms with E-state index in [1.165, 1.54) is 5.06 Å². The summed E-state index contributed by atoms with van der Waals surface area (Å²) in [6.07, 6.45) is 0. The first-order valence-corrected chi connectivity index (χ1v) is 7.62. The van der Waals surface area contributed by atoms with E-state index in [-0.39, 0.29) is 6.04 Å². The van der Waals surface area contributed by atoms with Gasteiger partial charge in [0, 0.05) is 11.0 Å². The predicted molar refractivity (Wildman–Crippen MR) is 85.5 cm³/mol. The lowest BCUT2D eigenvalue weighted by Gasteiger charge is -2.29. The molecule has 1 unspecified atom stereocenters. The van der Waals surface area contributed by atoms with Gasteiger partial charge in [-0.05, 0) is 29.2 Å². The van der Waals surface area contributed by atoms with E-state index in [1.54, 1.807) is 0 Å². The van der Waals surface area contributed by atoms with Gasteiger partial charge in [0.05, 0.1) is 6.04 Å². The molecule has 1 atom stereocenters. The lowest BCUT2D eigenvalue weighted by molar-refractivity contribution is -0.149. The molecule has 2 aromatic carbocycles. The largest absolute Gasteiger partial charge is 0.313 e. The summed E-state index contributed by atoms with van der Waals surface area (Å²) in [6.45, 7) is 4.78. The highest BCUT2D eigenvalue weighted by Crippen LogP contribution is 2.29. The van der Waals surface area contributed by atoms with Crippen LogP contribution in [0, 0.1) is 5.92 Å². The molecule has 2 aromatic rings. The molecule has 0 aliphatic rings. The van der Waals surface area contributed by atoms with Gasteiger partial charge < -0.3 is 5.21 Å². The maximum absolute atomic E-state index is 10.5. The first-order valence-electron chi connectivity index (χ1n) is 6.83. The Morgan fingerprint density at radius 3 is 2.15 bits per heavy atom. The van der Waals surface area contributed by atoms with Gasteiger partial charge in [-0.2, -0.15) is 5.06 Å². The second kappa shape index (κ2) is 7.02. The van der Waals surface area contributed by atoms with Crippen molar-refractivity contribution in [3.63, 3.8) is 0 Å². The average molecular weight is 334 g/mol. The Labute approximate surface area is 129 Å². The van der Waals surface area contributed by atoms with Crippen molar-refractivity contribution in [3.05, 3.63) is 70.2 Å². The molecule has 3 heteroatoms. The highest BCUT2D eigenvalue weighted by molar-refractivity contribution is 9.10. The molecular formula is C17H20BrNO. The summed E-state index contributed by atoms with van der Waals surface area (Å²) in [4.78, 5) is 0. The number of nitrogens with zero attached hydrogens (tertiary/aromatic N) is 1. The number of hydrogen-bond donors (Lipinski definition) is 1. The van der Waals surface area contributed by atoms with Crippen LogP contribution in [0.4, 0.5) is 0 Å². The average Bonchev–Trinajstić information content (AvgIpc) is 2.42. The van der Waals surface area contributed by atoms with Gasteiger partial charge in [-0.25, -0.2) is 0 Å². The van der Waals surface area contributed by atoms with Crippen LogP contribution in [-0.4, -0.2) is 10.3 Å². The third kappa shape index (κ3) is 3.92. The molecule has 20 heavy (non-hydrogen) atoms. The monoisotopic (exact) mass is 333 g/mol. The number of hydrogen-bond acceptors (Lipinski definition) is 2. The minimum atomic E-state index is -0.0108. The third-order valence-corrected chi connectivity index (χ3v) is 3.88. The Morgan fingerprint density at radius 2 is 1.60 bits per heavy atom. The fourth-order valence-electron chi connectivity index (χ4n) is 2.43. The molecule has 0 saturated heterocycles. The first-order chi connectivity index (χ1) is 9.58. The molecule has 106 valence electrons. The fourth-order valence-corrected chi connectivity index (χ4v) is 2.69.